The zero-order valence-corrected chi connectivity index (χ0v) is 22.2. The molecule has 3 aliphatic rings. The molecule has 0 bridgehead atoms. The minimum atomic E-state index is -0.231. The lowest BCUT2D eigenvalue weighted by atomic mass is 10.0. The van der Waals surface area contributed by atoms with Crippen molar-refractivity contribution in [3.05, 3.63) is 60.1 Å². The standard InChI is InChI=1S/C31H33N3O6/c35-18-9-12-23(26(36)15-18)29-32-30(24-13-10-21(16-27(24)37)39-19-5-1-2-6-19)34-31(33-29)25-14-11-22(17-28(25)38)40-20-7-3-4-8-20/h9-16,19-20,22,35-38H,1-8,17H2. The van der Waals surface area contributed by atoms with Crippen molar-refractivity contribution in [2.75, 3.05) is 0 Å². The number of phenols is 3. The van der Waals surface area contributed by atoms with E-state index in [9.17, 15) is 20.4 Å². The molecule has 1 aromatic heterocycles. The van der Waals surface area contributed by atoms with Crippen LogP contribution in [-0.4, -0.2) is 53.7 Å². The molecule has 0 amide bonds. The van der Waals surface area contributed by atoms with Crippen LogP contribution in [0.5, 0.6) is 23.0 Å². The normalized spacial score (nSPS) is 19.9. The Bertz CT molecular complexity index is 1460. The maximum atomic E-state index is 11.0. The lowest BCUT2D eigenvalue weighted by molar-refractivity contribution is 0.0132. The van der Waals surface area contributed by atoms with Crippen LogP contribution in [-0.2, 0) is 4.74 Å². The topological polar surface area (TPSA) is 138 Å². The molecule has 0 saturated heterocycles. The van der Waals surface area contributed by atoms with E-state index in [1.165, 1.54) is 18.2 Å². The molecular weight excluding hydrogens is 510 g/mol. The van der Waals surface area contributed by atoms with Crippen molar-refractivity contribution in [1.29, 1.82) is 0 Å². The van der Waals surface area contributed by atoms with E-state index < -0.39 is 0 Å². The molecule has 208 valence electrons. The number of benzene rings is 2. The number of aromatic nitrogens is 3. The number of aromatic hydroxyl groups is 3. The van der Waals surface area contributed by atoms with Gasteiger partial charge in [-0.2, -0.15) is 0 Å². The lowest BCUT2D eigenvalue weighted by Crippen LogP contribution is -2.21. The molecule has 9 heteroatoms. The van der Waals surface area contributed by atoms with Gasteiger partial charge in [-0.05, 0) is 68.9 Å². The highest BCUT2D eigenvalue weighted by molar-refractivity contribution is 5.77. The minimum Gasteiger partial charge on any atom is -0.511 e. The second-order valence-electron chi connectivity index (χ2n) is 10.7. The fourth-order valence-electron chi connectivity index (χ4n) is 5.66. The van der Waals surface area contributed by atoms with Crippen molar-refractivity contribution in [3.8, 4) is 45.8 Å². The molecule has 6 rings (SSSR count). The second-order valence-corrected chi connectivity index (χ2v) is 10.7. The second kappa shape index (κ2) is 11.2. The Morgan fingerprint density at radius 2 is 1.27 bits per heavy atom. The molecular formula is C31H33N3O6. The average molecular weight is 544 g/mol. The summed E-state index contributed by atoms with van der Waals surface area (Å²) in [7, 11) is 0. The predicted octanol–water partition coefficient (Wildman–Crippen LogP) is 6.20. The van der Waals surface area contributed by atoms with Gasteiger partial charge in [-0.15, -0.1) is 0 Å². The first-order valence-corrected chi connectivity index (χ1v) is 14.0. The number of aliphatic hydroxyl groups excluding tert-OH is 1. The monoisotopic (exact) mass is 543 g/mol. The lowest BCUT2D eigenvalue weighted by Gasteiger charge is -2.23. The number of nitrogens with zero attached hydrogens (tertiary/aromatic N) is 3. The molecule has 4 N–H and O–H groups in total. The van der Waals surface area contributed by atoms with Crippen molar-refractivity contribution in [3.63, 3.8) is 0 Å². The molecule has 0 aliphatic heterocycles. The summed E-state index contributed by atoms with van der Waals surface area (Å²) in [6.45, 7) is 0. The van der Waals surface area contributed by atoms with E-state index in [-0.39, 0.29) is 64.4 Å². The summed E-state index contributed by atoms with van der Waals surface area (Å²) in [4.78, 5) is 13.7. The SMILES string of the molecule is OC1=C(c2nc(-c3ccc(O)cc3O)nc(-c3ccc(OC4CCCC4)cc3O)n2)C=CC(OC2CCCC2)C1. The molecule has 40 heavy (non-hydrogen) atoms. The van der Waals surface area contributed by atoms with Crippen LogP contribution in [0.3, 0.4) is 0 Å². The first kappa shape index (κ1) is 26.1. The van der Waals surface area contributed by atoms with E-state index in [4.69, 9.17) is 9.47 Å². The van der Waals surface area contributed by atoms with E-state index >= 15 is 0 Å². The van der Waals surface area contributed by atoms with Gasteiger partial charge in [0, 0.05) is 18.6 Å². The number of allylic oxidation sites excluding steroid dienone is 2. The van der Waals surface area contributed by atoms with Gasteiger partial charge >= 0.3 is 0 Å². The molecule has 3 aromatic rings. The fourth-order valence-corrected chi connectivity index (χ4v) is 5.66. The maximum absolute atomic E-state index is 11.0. The van der Waals surface area contributed by atoms with Crippen LogP contribution in [0.4, 0.5) is 0 Å². The number of rotatable bonds is 7. The summed E-state index contributed by atoms with van der Waals surface area (Å²) in [6.07, 6.45) is 12.7. The summed E-state index contributed by atoms with van der Waals surface area (Å²) in [5.74, 6) is 0.764. The third-order valence-corrected chi connectivity index (χ3v) is 7.77. The molecule has 9 nitrogen and oxygen atoms in total. The molecule has 1 atom stereocenters. The third kappa shape index (κ3) is 5.60. The van der Waals surface area contributed by atoms with Gasteiger partial charge < -0.3 is 29.9 Å². The van der Waals surface area contributed by atoms with Crippen molar-refractivity contribution in [2.24, 2.45) is 0 Å². The number of phenolic OH excluding ortho intramolecular Hbond substituents is 3. The maximum Gasteiger partial charge on any atom is 0.167 e. The molecule has 2 saturated carbocycles. The first-order valence-electron chi connectivity index (χ1n) is 14.0. The highest BCUT2D eigenvalue weighted by Crippen LogP contribution is 2.37. The van der Waals surface area contributed by atoms with E-state index in [1.807, 2.05) is 6.08 Å². The van der Waals surface area contributed by atoms with E-state index in [0.717, 1.165) is 51.4 Å². The highest BCUT2D eigenvalue weighted by atomic mass is 16.5. The number of hydrogen-bond donors (Lipinski definition) is 4. The van der Waals surface area contributed by atoms with Crippen molar-refractivity contribution < 1.29 is 29.9 Å². The molecule has 0 radical (unpaired) electrons. The Morgan fingerprint density at radius 1 is 0.675 bits per heavy atom. The van der Waals surface area contributed by atoms with Gasteiger partial charge in [-0.1, -0.05) is 18.9 Å². The van der Waals surface area contributed by atoms with Gasteiger partial charge in [-0.25, -0.2) is 15.0 Å². The Kier molecular flexibility index (Phi) is 7.30. The zero-order chi connectivity index (χ0) is 27.6. The molecule has 2 aromatic carbocycles. The van der Waals surface area contributed by atoms with E-state index in [2.05, 4.69) is 15.0 Å². The van der Waals surface area contributed by atoms with Crippen LogP contribution in [0.15, 0.2) is 54.3 Å². The van der Waals surface area contributed by atoms with Crippen LogP contribution < -0.4 is 4.74 Å². The summed E-state index contributed by atoms with van der Waals surface area (Å²) < 4.78 is 12.2. The molecule has 1 unspecified atom stereocenters. The van der Waals surface area contributed by atoms with Crippen LogP contribution in [0, 0.1) is 0 Å². The Balaban J connectivity index is 1.36. The van der Waals surface area contributed by atoms with Crippen LogP contribution in [0.25, 0.3) is 28.3 Å². The summed E-state index contributed by atoms with van der Waals surface area (Å²) in [5.41, 5.74) is 1.03. The predicted molar refractivity (Wildman–Crippen MR) is 149 cm³/mol. The Hall–Kier alpha value is -4.11. The Morgan fingerprint density at radius 3 is 1.90 bits per heavy atom. The fraction of sp³-hybridized carbons (Fsp3) is 0.387. The van der Waals surface area contributed by atoms with Crippen LogP contribution >= 0.6 is 0 Å². The van der Waals surface area contributed by atoms with Crippen molar-refractivity contribution in [1.82, 2.24) is 15.0 Å². The molecule has 2 fully saturated rings. The van der Waals surface area contributed by atoms with Crippen molar-refractivity contribution in [2.45, 2.75) is 76.1 Å². The number of hydrogen-bond acceptors (Lipinski definition) is 9. The number of ether oxygens (including phenoxy) is 2. The molecule has 3 aliphatic carbocycles. The largest absolute Gasteiger partial charge is 0.511 e. The van der Waals surface area contributed by atoms with Crippen molar-refractivity contribution >= 4 is 5.57 Å². The van der Waals surface area contributed by atoms with Crippen LogP contribution in [0.2, 0.25) is 0 Å². The molecule has 0 spiro atoms. The summed E-state index contributed by atoms with van der Waals surface area (Å²) in [5, 5.41) is 42.3. The van der Waals surface area contributed by atoms with Crippen LogP contribution in [0.1, 0.15) is 63.6 Å². The van der Waals surface area contributed by atoms with E-state index in [1.54, 1.807) is 24.3 Å². The quantitative estimate of drug-likeness (QED) is 0.274. The Labute approximate surface area is 232 Å². The third-order valence-electron chi connectivity index (χ3n) is 7.77. The summed E-state index contributed by atoms with van der Waals surface area (Å²) in [6, 6.07) is 9.14. The van der Waals surface area contributed by atoms with Gasteiger partial charge in [-0.3, -0.25) is 0 Å². The number of aliphatic hydroxyl groups is 1. The van der Waals surface area contributed by atoms with Gasteiger partial charge in [0.25, 0.3) is 0 Å². The minimum absolute atomic E-state index is 0.0593. The zero-order valence-electron chi connectivity index (χ0n) is 22.2. The van der Waals surface area contributed by atoms with Gasteiger partial charge in [0.2, 0.25) is 0 Å². The first-order chi connectivity index (χ1) is 19.4. The highest BCUT2D eigenvalue weighted by Gasteiger charge is 2.26. The molecule has 1 heterocycles. The van der Waals surface area contributed by atoms with Gasteiger partial charge in [0.05, 0.1) is 35.0 Å². The smallest absolute Gasteiger partial charge is 0.167 e. The summed E-state index contributed by atoms with van der Waals surface area (Å²) >= 11 is 0. The van der Waals surface area contributed by atoms with Gasteiger partial charge in [0.15, 0.2) is 17.5 Å². The van der Waals surface area contributed by atoms with Gasteiger partial charge in [0.1, 0.15) is 28.8 Å². The average Bonchev–Trinajstić information content (AvgIpc) is 3.63. The van der Waals surface area contributed by atoms with E-state index in [0.29, 0.717) is 23.3 Å².